The molecule has 0 N–H and O–H groups in total. The van der Waals surface area contributed by atoms with Gasteiger partial charge in [0.15, 0.2) is 5.17 Å². The number of nitrogens with zero attached hydrogens (tertiary/aromatic N) is 5. The zero-order valence-corrected chi connectivity index (χ0v) is 16.4. The molecule has 0 spiro atoms. The van der Waals surface area contributed by atoms with Crippen LogP contribution in [0.15, 0.2) is 17.4 Å². The van der Waals surface area contributed by atoms with Crippen LogP contribution < -0.4 is 4.90 Å². The van der Waals surface area contributed by atoms with Crippen molar-refractivity contribution in [1.29, 1.82) is 0 Å². The predicted octanol–water partition coefficient (Wildman–Crippen LogP) is 3.50. The first-order valence-corrected chi connectivity index (χ1v) is 10.3. The smallest absolute Gasteiger partial charge is 0.243 e. The summed E-state index contributed by atoms with van der Waals surface area (Å²) in [6.07, 6.45) is -1.02. The summed E-state index contributed by atoms with van der Waals surface area (Å²) in [4.78, 5) is 19.4. The van der Waals surface area contributed by atoms with Gasteiger partial charge in [0.2, 0.25) is 6.43 Å². The average molecular weight is 398 g/mol. The Morgan fingerprint density at radius 3 is 2.54 bits per heavy atom. The molecule has 0 bridgehead atoms. The standard InChI is InChI=1S/C17H21F2N5S2/c1-17(2)9-20-16(26-17)24-5-3-23(4-6-24)14-12-7-11(8-13(18)19)25-15(12)22-10-21-14/h7,10,13H,3-6,8-9H2,1-2H3. The van der Waals surface area contributed by atoms with E-state index >= 15 is 0 Å². The van der Waals surface area contributed by atoms with Crippen molar-refractivity contribution >= 4 is 44.3 Å². The van der Waals surface area contributed by atoms with E-state index in [9.17, 15) is 8.78 Å². The molecule has 2 aliphatic heterocycles. The molecular weight excluding hydrogens is 376 g/mol. The Morgan fingerprint density at radius 1 is 1.15 bits per heavy atom. The van der Waals surface area contributed by atoms with Crippen molar-refractivity contribution in [3.63, 3.8) is 0 Å². The zero-order valence-electron chi connectivity index (χ0n) is 14.8. The van der Waals surface area contributed by atoms with Gasteiger partial charge in [-0.1, -0.05) is 11.8 Å². The highest BCUT2D eigenvalue weighted by molar-refractivity contribution is 8.15. The number of thiophene rings is 1. The lowest BCUT2D eigenvalue weighted by atomic mass is 10.2. The second-order valence-electron chi connectivity index (χ2n) is 7.16. The molecule has 140 valence electrons. The van der Waals surface area contributed by atoms with Crippen LogP contribution in [0.1, 0.15) is 18.7 Å². The number of amidine groups is 1. The fourth-order valence-corrected chi connectivity index (χ4v) is 5.30. The highest BCUT2D eigenvalue weighted by atomic mass is 32.2. The first kappa shape index (κ1) is 17.9. The summed E-state index contributed by atoms with van der Waals surface area (Å²) in [5.41, 5.74) is 0. The quantitative estimate of drug-likeness (QED) is 0.793. The van der Waals surface area contributed by atoms with Gasteiger partial charge >= 0.3 is 0 Å². The topological polar surface area (TPSA) is 44.6 Å². The van der Waals surface area contributed by atoms with E-state index in [1.54, 1.807) is 0 Å². The van der Waals surface area contributed by atoms with Gasteiger partial charge in [0, 0.05) is 42.2 Å². The zero-order chi connectivity index (χ0) is 18.3. The van der Waals surface area contributed by atoms with E-state index < -0.39 is 6.43 Å². The summed E-state index contributed by atoms with van der Waals surface area (Å²) >= 11 is 3.18. The van der Waals surface area contributed by atoms with E-state index in [0.717, 1.165) is 53.9 Å². The molecule has 26 heavy (non-hydrogen) atoms. The van der Waals surface area contributed by atoms with Crippen molar-refractivity contribution in [2.24, 2.45) is 4.99 Å². The number of aliphatic imine (C=N–C) groups is 1. The van der Waals surface area contributed by atoms with Gasteiger partial charge in [0.05, 0.1) is 11.9 Å². The first-order chi connectivity index (χ1) is 12.4. The molecule has 1 saturated heterocycles. The number of piperazine rings is 1. The van der Waals surface area contributed by atoms with E-state index in [1.165, 1.54) is 17.7 Å². The van der Waals surface area contributed by atoms with Crippen LogP contribution >= 0.6 is 23.1 Å². The van der Waals surface area contributed by atoms with Crippen molar-refractivity contribution in [1.82, 2.24) is 14.9 Å². The Hall–Kier alpha value is -1.48. The number of aromatic nitrogens is 2. The maximum Gasteiger partial charge on any atom is 0.243 e. The van der Waals surface area contributed by atoms with E-state index in [0.29, 0.717) is 4.88 Å². The van der Waals surface area contributed by atoms with Crippen LogP contribution in [0, 0.1) is 0 Å². The Labute approximate surface area is 159 Å². The number of fused-ring (bicyclic) bond motifs is 1. The van der Waals surface area contributed by atoms with E-state index in [1.807, 2.05) is 17.8 Å². The predicted molar refractivity (Wildman–Crippen MR) is 105 cm³/mol. The average Bonchev–Trinajstić information content (AvgIpc) is 3.16. The molecule has 0 radical (unpaired) electrons. The van der Waals surface area contributed by atoms with Crippen molar-refractivity contribution < 1.29 is 8.78 Å². The molecule has 0 atom stereocenters. The van der Waals surface area contributed by atoms with Crippen molar-refractivity contribution in [2.45, 2.75) is 31.4 Å². The Kier molecular flexibility index (Phi) is 4.77. The third kappa shape index (κ3) is 3.64. The molecule has 1 fully saturated rings. The van der Waals surface area contributed by atoms with Crippen molar-refractivity contribution in [3.8, 4) is 0 Å². The SMILES string of the molecule is CC1(C)CN=C(N2CCN(c3ncnc4sc(CC(F)F)cc34)CC2)S1. The summed E-state index contributed by atoms with van der Waals surface area (Å²) in [5.74, 6) is 0.854. The molecule has 4 heterocycles. The Morgan fingerprint density at radius 2 is 1.88 bits per heavy atom. The minimum Gasteiger partial charge on any atom is -0.352 e. The largest absolute Gasteiger partial charge is 0.352 e. The Bertz CT molecular complexity index is 828. The van der Waals surface area contributed by atoms with Crippen LogP contribution in [0.25, 0.3) is 10.2 Å². The van der Waals surface area contributed by atoms with Gasteiger partial charge in [0.25, 0.3) is 0 Å². The minimum absolute atomic E-state index is 0.184. The molecule has 0 saturated carbocycles. The van der Waals surface area contributed by atoms with Gasteiger partial charge < -0.3 is 9.80 Å². The van der Waals surface area contributed by atoms with Gasteiger partial charge in [0.1, 0.15) is 17.0 Å². The molecular formula is C17H21F2N5S2. The molecule has 2 aliphatic rings. The van der Waals surface area contributed by atoms with E-state index in [4.69, 9.17) is 0 Å². The van der Waals surface area contributed by atoms with Crippen LogP contribution in [0.4, 0.5) is 14.6 Å². The maximum atomic E-state index is 12.7. The van der Waals surface area contributed by atoms with E-state index in [-0.39, 0.29) is 11.2 Å². The number of anilines is 1. The fraction of sp³-hybridized carbons (Fsp3) is 0.588. The second-order valence-corrected chi connectivity index (χ2v) is 9.95. The summed E-state index contributed by atoms with van der Waals surface area (Å²) in [7, 11) is 0. The number of rotatable bonds is 3. The summed E-state index contributed by atoms with van der Waals surface area (Å²) in [5, 5.41) is 2.02. The lowest BCUT2D eigenvalue weighted by molar-refractivity contribution is 0.150. The molecule has 9 heteroatoms. The lowest BCUT2D eigenvalue weighted by Crippen LogP contribution is -2.48. The molecule has 2 aromatic rings. The number of thioether (sulfide) groups is 1. The normalized spacial score (nSPS) is 20.3. The van der Waals surface area contributed by atoms with Gasteiger partial charge in [-0.15, -0.1) is 11.3 Å². The number of hydrogen-bond acceptors (Lipinski definition) is 7. The minimum atomic E-state index is -2.34. The monoisotopic (exact) mass is 397 g/mol. The molecule has 0 unspecified atom stereocenters. The number of alkyl halides is 2. The van der Waals surface area contributed by atoms with E-state index in [2.05, 4.69) is 38.6 Å². The molecule has 0 amide bonds. The van der Waals surface area contributed by atoms with Crippen molar-refractivity contribution in [2.75, 3.05) is 37.6 Å². The van der Waals surface area contributed by atoms with Gasteiger partial charge in [-0.2, -0.15) is 0 Å². The van der Waals surface area contributed by atoms with Crippen molar-refractivity contribution in [3.05, 3.63) is 17.3 Å². The number of hydrogen-bond donors (Lipinski definition) is 0. The van der Waals surface area contributed by atoms with Crippen LogP contribution in [-0.2, 0) is 6.42 Å². The second kappa shape index (κ2) is 6.92. The Balaban J connectivity index is 1.48. The maximum absolute atomic E-state index is 12.7. The highest BCUT2D eigenvalue weighted by Crippen LogP contribution is 2.35. The molecule has 2 aromatic heterocycles. The van der Waals surface area contributed by atoms with Gasteiger partial charge in [-0.25, -0.2) is 18.7 Å². The van der Waals surface area contributed by atoms with Crippen LogP contribution in [-0.4, -0.2) is 63.9 Å². The number of halogens is 2. The van der Waals surface area contributed by atoms with Crippen LogP contribution in [0.2, 0.25) is 0 Å². The third-order valence-electron chi connectivity index (χ3n) is 4.53. The lowest BCUT2D eigenvalue weighted by Gasteiger charge is -2.36. The van der Waals surface area contributed by atoms with Gasteiger partial charge in [-0.05, 0) is 19.9 Å². The van der Waals surface area contributed by atoms with Crippen LogP contribution in [0.5, 0.6) is 0 Å². The summed E-state index contributed by atoms with van der Waals surface area (Å²) in [6, 6.07) is 1.83. The van der Waals surface area contributed by atoms with Crippen LogP contribution in [0.3, 0.4) is 0 Å². The third-order valence-corrected chi connectivity index (χ3v) is 6.84. The summed E-state index contributed by atoms with van der Waals surface area (Å²) < 4.78 is 25.6. The highest BCUT2D eigenvalue weighted by Gasteiger charge is 2.32. The molecule has 0 aliphatic carbocycles. The fourth-order valence-electron chi connectivity index (χ4n) is 3.24. The molecule has 0 aromatic carbocycles. The summed E-state index contributed by atoms with van der Waals surface area (Å²) in [6.45, 7) is 8.76. The first-order valence-electron chi connectivity index (χ1n) is 8.66. The molecule has 4 rings (SSSR count). The molecule has 5 nitrogen and oxygen atoms in total. The van der Waals surface area contributed by atoms with Gasteiger partial charge in [-0.3, -0.25) is 4.99 Å².